The third kappa shape index (κ3) is 6.71. The molecule has 5 aromatic heterocycles. The van der Waals surface area contributed by atoms with E-state index >= 15 is 0 Å². The van der Waals surface area contributed by atoms with Gasteiger partial charge in [0.2, 0.25) is 0 Å². The van der Waals surface area contributed by atoms with E-state index in [9.17, 15) is 0 Å². The van der Waals surface area contributed by atoms with Crippen LogP contribution in [-0.2, 0) is 0 Å². The van der Waals surface area contributed by atoms with Gasteiger partial charge in [-0.2, -0.15) is 0 Å². The van der Waals surface area contributed by atoms with Crippen LogP contribution in [0.4, 0.5) is 0 Å². The van der Waals surface area contributed by atoms with E-state index < -0.39 is 31.7 Å². The lowest BCUT2D eigenvalue weighted by atomic mass is 10.0. The second kappa shape index (κ2) is 15.4. The normalized spacial score (nSPS) is 14.3. The number of fused-ring (bicyclic) bond motifs is 6. The van der Waals surface area contributed by atoms with Crippen molar-refractivity contribution in [1.82, 2.24) is 29.1 Å². The van der Waals surface area contributed by atoms with Crippen LogP contribution in [0.5, 0.6) is 23.0 Å². The van der Waals surface area contributed by atoms with Gasteiger partial charge >= 0.3 is 0 Å². The molecule has 11 rings (SSSR count). The fourth-order valence-electron chi connectivity index (χ4n) is 8.51. The molecule has 0 aliphatic heterocycles. The number of aromatic nitrogens is 6. The minimum Gasteiger partial charge on any atom is -0.457 e. The fraction of sp³-hybridized carbons (Fsp3) is 0.107. The van der Waals surface area contributed by atoms with Gasteiger partial charge in [-0.1, -0.05) is 36.4 Å². The van der Waals surface area contributed by atoms with Crippen LogP contribution in [0.15, 0.2) is 158 Å². The van der Waals surface area contributed by atoms with Gasteiger partial charge < -0.3 is 9.47 Å². The minimum atomic E-state index is -2.89. The molecule has 0 aliphatic carbocycles. The summed E-state index contributed by atoms with van der Waals surface area (Å²) in [6, 6.07) is 40.9. The van der Waals surface area contributed by atoms with Gasteiger partial charge in [0.05, 0.1) is 45.8 Å². The molecule has 64 heavy (non-hydrogen) atoms. The molecule has 0 atom stereocenters. The first-order valence-electron chi connectivity index (χ1n) is 25.3. The van der Waals surface area contributed by atoms with Crippen LogP contribution in [0.25, 0.3) is 77.8 Å². The minimum absolute atomic E-state index is 0.0355. The van der Waals surface area contributed by atoms with E-state index in [2.05, 4.69) is 20.6 Å². The van der Waals surface area contributed by atoms with Crippen LogP contribution < -0.4 is 9.47 Å². The average molecular weight is 842 g/mol. The highest BCUT2D eigenvalue weighted by molar-refractivity contribution is 6.10. The topological polar surface area (TPSA) is 79.9 Å². The molecule has 0 bridgehead atoms. The summed E-state index contributed by atoms with van der Waals surface area (Å²) >= 11 is 0. The molecule has 0 aliphatic rings. The maximum absolute atomic E-state index is 8.55. The van der Waals surface area contributed by atoms with E-state index in [1.807, 2.05) is 109 Å². The predicted molar refractivity (Wildman–Crippen MR) is 259 cm³/mol. The van der Waals surface area contributed by atoms with Crippen molar-refractivity contribution in [3.8, 4) is 57.1 Å². The average Bonchev–Trinajstić information content (AvgIpc) is 3.84. The van der Waals surface area contributed by atoms with E-state index in [1.54, 1.807) is 43.6 Å². The number of hydrogen-bond donors (Lipinski definition) is 0. The smallest absolute Gasteiger partial charge is 0.137 e. The molecule has 0 fully saturated rings. The monoisotopic (exact) mass is 841 g/mol. The molecule has 8 nitrogen and oxygen atoms in total. The second-order valence-electron chi connectivity index (χ2n) is 16.0. The first kappa shape index (κ1) is 30.0. The molecule has 5 heterocycles. The summed E-state index contributed by atoms with van der Waals surface area (Å²) in [5.74, 6) is 2.01. The number of pyridine rings is 2. The SMILES string of the molecule is [2H]C([2H])([2H])c1cc(-c2cnc(-c3cc(C)c(C([2H])([2H])[2H])c(Oc4ccc5c6ccccc6n(-c6cc(C)ccn6)c5c4)c3)cn2)cc(Oc2ccc3c4ccccc4n(-c4cc(C)ccn4)c3c2)c1C([2H])([2H])[2H]. The number of para-hydroxylation sites is 2. The summed E-state index contributed by atoms with van der Waals surface area (Å²) in [6.45, 7) is -2.61. The van der Waals surface area contributed by atoms with Crippen LogP contribution >= 0.6 is 0 Å². The third-order valence-electron chi connectivity index (χ3n) is 11.7. The quantitative estimate of drug-likeness (QED) is 0.152. The highest BCUT2D eigenvalue weighted by Gasteiger charge is 2.18. The Morgan fingerprint density at radius 2 is 0.906 bits per heavy atom. The largest absolute Gasteiger partial charge is 0.457 e. The zero-order valence-electron chi connectivity index (χ0n) is 44.0. The number of aryl methyl sites for hydroxylation is 4. The van der Waals surface area contributed by atoms with Gasteiger partial charge in [-0.05, 0) is 160 Å². The van der Waals surface area contributed by atoms with E-state index in [0.29, 0.717) is 28.4 Å². The fourth-order valence-corrected chi connectivity index (χ4v) is 8.51. The molecular formula is C56H44N6O2. The Balaban J connectivity index is 0.980. The molecule has 0 N–H and O–H groups in total. The Bertz CT molecular complexity index is 3990. The van der Waals surface area contributed by atoms with Crippen LogP contribution in [0.2, 0.25) is 0 Å². The summed E-state index contributed by atoms with van der Waals surface area (Å²) in [5.41, 5.74) is 6.46. The van der Waals surface area contributed by atoms with Crippen molar-refractivity contribution in [3.63, 3.8) is 0 Å². The van der Waals surface area contributed by atoms with Crippen LogP contribution in [0, 0.1) is 41.3 Å². The lowest BCUT2D eigenvalue weighted by Crippen LogP contribution is -1.98. The van der Waals surface area contributed by atoms with Crippen LogP contribution in [-0.4, -0.2) is 29.1 Å². The lowest BCUT2D eigenvalue weighted by Gasteiger charge is -2.15. The molecule has 0 saturated heterocycles. The van der Waals surface area contributed by atoms with Crippen molar-refractivity contribution in [2.45, 2.75) is 41.3 Å². The maximum Gasteiger partial charge on any atom is 0.137 e. The van der Waals surface area contributed by atoms with E-state index in [-0.39, 0.29) is 34.1 Å². The Morgan fingerprint density at radius 3 is 1.38 bits per heavy atom. The molecule has 310 valence electrons. The van der Waals surface area contributed by atoms with Crippen molar-refractivity contribution in [3.05, 3.63) is 192 Å². The Kier molecular flexibility index (Phi) is 7.21. The van der Waals surface area contributed by atoms with Crippen LogP contribution in [0.1, 0.15) is 45.7 Å². The predicted octanol–water partition coefficient (Wildman–Crippen LogP) is 14.2. The van der Waals surface area contributed by atoms with E-state index in [1.165, 1.54) is 24.5 Å². The molecule has 0 amide bonds. The van der Waals surface area contributed by atoms with Gasteiger partial charge in [0.15, 0.2) is 0 Å². The summed E-state index contributed by atoms with van der Waals surface area (Å²) in [5, 5.41) is 3.88. The second-order valence-corrected chi connectivity index (χ2v) is 16.0. The molecule has 6 aromatic carbocycles. The third-order valence-corrected chi connectivity index (χ3v) is 11.7. The van der Waals surface area contributed by atoms with Crippen molar-refractivity contribution < 1.29 is 21.8 Å². The zero-order valence-corrected chi connectivity index (χ0v) is 35.0. The van der Waals surface area contributed by atoms with E-state index in [4.69, 9.17) is 31.8 Å². The first-order chi connectivity index (χ1) is 34.8. The Morgan fingerprint density at radius 1 is 0.438 bits per heavy atom. The van der Waals surface area contributed by atoms with Crippen molar-refractivity contribution in [2.75, 3.05) is 0 Å². The molecule has 0 spiro atoms. The summed E-state index contributed by atoms with van der Waals surface area (Å²) < 4.78 is 93.9. The number of nitrogens with zero attached hydrogens (tertiary/aromatic N) is 6. The molecular weight excluding hydrogens is 789 g/mol. The molecule has 11 aromatic rings. The molecule has 0 radical (unpaired) electrons. The van der Waals surface area contributed by atoms with Gasteiger partial charge in [0, 0.05) is 69.5 Å². The summed E-state index contributed by atoms with van der Waals surface area (Å²) in [7, 11) is 0. The Labute approximate surface area is 383 Å². The maximum atomic E-state index is 8.55. The number of hydrogen-bond acceptors (Lipinski definition) is 6. The molecule has 8 heteroatoms. The molecule has 0 saturated carbocycles. The summed E-state index contributed by atoms with van der Waals surface area (Å²) in [6.07, 6.45) is 6.44. The summed E-state index contributed by atoms with van der Waals surface area (Å²) in [4.78, 5) is 18.8. The van der Waals surface area contributed by atoms with Gasteiger partial charge in [-0.15, -0.1) is 0 Å². The number of benzene rings is 6. The van der Waals surface area contributed by atoms with Crippen LogP contribution in [0.3, 0.4) is 0 Å². The van der Waals surface area contributed by atoms with Gasteiger partial charge in [-0.3, -0.25) is 19.1 Å². The Hall–Kier alpha value is -8.10. The van der Waals surface area contributed by atoms with Gasteiger partial charge in [-0.25, -0.2) is 9.97 Å². The zero-order chi connectivity index (χ0) is 51.1. The highest BCUT2D eigenvalue weighted by atomic mass is 16.5. The van der Waals surface area contributed by atoms with Gasteiger partial charge in [0.25, 0.3) is 0 Å². The highest BCUT2D eigenvalue weighted by Crippen LogP contribution is 2.40. The first-order valence-corrected chi connectivity index (χ1v) is 20.8. The number of rotatable bonds is 8. The lowest BCUT2D eigenvalue weighted by molar-refractivity contribution is 0.479. The van der Waals surface area contributed by atoms with E-state index in [0.717, 1.165) is 60.6 Å². The van der Waals surface area contributed by atoms with Crippen molar-refractivity contribution in [2.24, 2.45) is 0 Å². The van der Waals surface area contributed by atoms with Gasteiger partial charge in [0.1, 0.15) is 34.6 Å². The van der Waals surface area contributed by atoms with Crippen molar-refractivity contribution >= 4 is 43.6 Å². The molecule has 0 unspecified atom stereocenters. The number of ether oxygens (including phenoxy) is 2. The standard InChI is InChI=1S/C56H44N6O2/c1-33-19-21-57-55(23-33)61-49-13-9-7-11-43(49)45-17-15-41(29-51(45)61)63-53-27-39(25-35(3)37(53)5)47-31-60-48(32-59-47)40-26-36(4)38(6)54(28-40)64-42-16-18-46-44-12-8-10-14-50(44)62(52(46)30-42)56-24-34(2)20-22-58-56/h7-32H,1-6H3/i3D3,5D3,6D3. The van der Waals surface area contributed by atoms with Crippen molar-refractivity contribution in [1.29, 1.82) is 0 Å².